The number of aryl methyl sites for hydroxylation is 1. The molecule has 0 spiro atoms. The molecule has 0 bridgehead atoms. The fourth-order valence-electron chi connectivity index (χ4n) is 2.98. The van der Waals surface area contributed by atoms with Crippen LogP contribution in [0.4, 0.5) is 0 Å². The first-order valence-corrected chi connectivity index (χ1v) is 8.34. The molecule has 0 aromatic carbocycles. The highest BCUT2D eigenvalue weighted by molar-refractivity contribution is 7.13. The van der Waals surface area contributed by atoms with Crippen LogP contribution in [-0.2, 0) is 18.3 Å². The number of nitrogens with zero attached hydrogens (tertiary/aromatic N) is 3. The molecule has 1 aliphatic rings. The number of methoxy groups -OCH3 is 1. The summed E-state index contributed by atoms with van der Waals surface area (Å²) >= 11 is 1.47. The molecule has 0 amide bonds. The highest BCUT2D eigenvalue weighted by Gasteiger charge is 2.25. The quantitative estimate of drug-likeness (QED) is 0.813. The lowest BCUT2D eigenvalue weighted by atomic mass is 9.98. The van der Waals surface area contributed by atoms with E-state index in [1.807, 2.05) is 7.05 Å². The minimum atomic E-state index is -0.291. The van der Waals surface area contributed by atoms with E-state index in [1.54, 1.807) is 6.20 Å². The molecule has 22 heavy (non-hydrogen) atoms. The summed E-state index contributed by atoms with van der Waals surface area (Å²) in [5.41, 5.74) is 1.34. The van der Waals surface area contributed by atoms with Gasteiger partial charge in [-0.2, -0.15) is 0 Å². The molecule has 1 unspecified atom stereocenters. The average Bonchev–Trinajstić information content (AvgIpc) is 3.16. The van der Waals surface area contributed by atoms with Gasteiger partial charge in [-0.05, 0) is 31.0 Å². The molecule has 6 heteroatoms. The Balaban J connectivity index is 1.65. The second-order valence-electron chi connectivity index (χ2n) is 5.81. The Kier molecular flexibility index (Phi) is 4.59. The summed E-state index contributed by atoms with van der Waals surface area (Å²) in [6.07, 6.45) is 8.20. The van der Waals surface area contributed by atoms with Gasteiger partial charge in [0.1, 0.15) is 4.88 Å². The van der Waals surface area contributed by atoms with Crippen molar-refractivity contribution in [3.63, 3.8) is 0 Å². The third-order valence-electron chi connectivity index (χ3n) is 4.06. The van der Waals surface area contributed by atoms with E-state index in [-0.39, 0.29) is 5.97 Å². The lowest BCUT2D eigenvalue weighted by Crippen LogP contribution is -2.33. The number of esters is 1. The molecule has 1 fully saturated rings. The third-order valence-corrected chi connectivity index (χ3v) is 5.20. The van der Waals surface area contributed by atoms with Crippen molar-refractivity contribution in [3.8, 4) is 0 Å². The molecular weight excluding hydrogens is 298 g/mol. The van der Waals surface area contributed by atoms with Crippen LogP contribution in [0.15, 0.2) is 24.7 Å². The summed E-state index contributed by atoms with van der Waals surface area (Å²) < 4.78 is 6.84. The first-order valence-electron chi connectivity index (χ1n) is 7.53. The number of rotatable bonds is 4. The minimum Gasteiger partial charge on any atom is -0.465 e. The monoisotopic (exact) mass is 319 g/mol. The maximum absolute atomic E-state index is 11.6. The second-order valence-corrected chi connectivity index (χ2v) is 6.88. The Morgan fingerprint density at radius 2 is 2.41 bits per heavy atom. The zero-order chi connectivity index (χ0) is 15.5. The first-order chi connectivity index (χ1) is 10.7. The molecule has 2 aromatic rings. The fourth-order valence-corrected chi connectivity index (χ4v) is 3.95. The average molecular weight is 319 g/mol. The normalized spacial score (nSPS) is 19.3. The van der Waals surface area contributed by atoms with Crippen molar-refractivity contribution in [1.82, 2.24) is 14.5 Å². The Morgan fingerprint density at radius 3 is 3.14 bits per heavy atom. The molecule has 0 aliphatic carbocycles. The molecule has 5 nitrogen and oxygen atoms in total. The molecule has 1 atom stereocenters. The highest BCUT2D eigenvalue weighted by atomic mass is 32.1. The van der Waals surface area contributed by atoms with E-state index < -0.39 is 0 Å². The second kappa shape index (κ2) is 6.62. The van der Waals surface area contributed by atoms with E-state index in [0.717, 1.165) is 31.1 Å². The molecule has 2 aromatic heterocycles. The third kappa shape index (κ3) is 3.39. The predicted molar refractivity (Wildman–Crippen MR) is 86.1 cm³/mol. The Hall–Kier alpha value is -1.66. The summed E-state index contributed by atoms with van der Waals surface area (Å²) in [5, 5.41) is 1.05. The summed E-state index contributed by atoms with van der Waals surface area (Å²) in [6.45, 7) is 3.11. The summed E-state index contributed by atoms with van der Waals surface area (Å²) in [5.74, 6) is 0.126. The summed E-state index contributed by atoms with van der Waals surface area (Å²) in [4.78, 5) is 19.1. The number of likely N-dealkylation sites (tertiary alicyclic amines) is 1. The van der Waals surface area contributed by atoms with Crippen molar-refractivity contribution >= 4 is 17.3 Å². The number of hydrogen-bond acceptors (Lipinski definition) is 5. The minimum absolute atomic E-state index is 0.291. The number of aromatic nitrogens is 2. The van der Waals surface area contributed by atoms with Gasteiger partial charge in [0, 0.05) is 38.4 Å². The van der Waals surface area contributed by atoms with Crippen LogP contribution in [0.3, 0.4) is 0 Å². The van der Waals surface area contributed by atoms with Crippen LogP contribution in [0.1, 0.15) is 39.0 Å². The van der Waals surface area contributed by atoms with Gasteiger partial charge in [0.25, 0.3) is 0 Å². The molecule has 1 aliphatic heterocycles. The van der Waals surface area contributed by atoms with Gasteiger partial charge in [-0.1, -0.05) is 0 Å². The smallest absolute Gasteiger partial charge is 0.349 e. The van der Waals surface area contributed by atoms with Gasteiger partial charge in [-0.25, -0.2) is 9.78 Å². The van der Waals surface area contributed by atoms with E-state index in [2.05, 4.69) is 32.9 Å². The summed E-state index contributed by atoms with van der Waals surface area (Å²) in [6, 6.07) is 2.17. The predicted octanol–water partition coefficient (Wildman–Crippen LogP) is 2.65. The molecule has 1 saturated heterocycles. The topological polar surface area (TPSA) is 47.4 Å². The van der Waals surface area contributed by atoms with Crippen LogP contribution < -0.4 is 0 Å². The molecule has 118 valence electrons. The van der Waals surface area contributed by atoms with Crippen LogP contribution in [0.25, 0.3) is 0 Å². The van der Waals surface area contributed by atoms with Gasteiger partial charge in [0.05, 0.1) is 18.3 Å². The molecule has 3 rings (SSSR count). The number of ether oxygens (including phenoxy) is 1. The van der Waals surface area contributed by atoms with Gasteiger partial charge < -0.3 is 9.30 Å². The van der Waals surface area contributed by atoms with Crippen LogP contribution in [0.5, 0.6) is 0 Å². The van der Waals surface area contributed by atoms with Crippen LogP contribution >= 0.6 is 11.3 Å². The first kappa shape index (κ1) is 15.2. The van der Waals surface area contributed by atoms with Gasteiger partial charge >= 0.3 is 5.97 Å². The van der Waals surface area contributed by atoms with Gasteiger partial charge in [-0.3, -0.25) is 4.90 Å². The van der Waals surface area contributed by atoms with Crippen molar-refractivity contribution < 1.29 is 9.53 Å². The maximum atomic E-state index is 11.6. The highest BCUT2D eigenvalue weighted by Crippen LogP contribution is 2.30. The van der Waals surface area contributed by atoms with Gasteiger partial charge in [0.2, 0.25) is 0 Å². The van der Waals surface area contributed by atoms with E-state index in [4.69, 9.17) is 4.74 Å². The Labute approximate surface area is 134 Å². The molecule has 0 saturated carbocycles. The number of carbonyl (C=O) groups excluding carboxylic acids is 1. The molecule has 0 radical (unpaired) electrons. The van der Waals surface area contributed by atoms with Crippen LogP contribution in [-0.4, -0.2) is 40.6 Å². The number of piperidine rings is 1. The number of hydrogen-bond donors (Lipinski definition) is 0. The van der Waals surface area contributed by atoms with Crippen LogP contribution in [0.2, 0.25) is 0 Å². The zero-order valence-corrected chi connectivity index (χ0v) is 13.8. The summed E-state index contributed by atoms with van der Waals surface area (Å²) in [7, 11) is 3.45. The molecular formula is C16H21N3O2S. The number of thiazole rings is 1. The largest absolute Gasteiger partial charge is 0.465 e. The Morgan fingerprint density at radius 1 is 1.55 bits per heavy atom. The van der Waals surface area contributed by atoms with Crippen LogP contribution in [0, 0.1) is 0 Å². The van der Waals surface area contributed by atoms with E-state index in [9.17, 15) is 4.79 Å². The van der Waals surface area contributed by atoms with Gasteiger partial charge in [0.15, 0.2) is 0 Å². The van der Waals surface area contributed by atoms with Crippen molar-refractivity contribution in [3.05, 3.63) is 40.1 Å². The Bertz CT molecular complexity index is 649. The SMILES string of the molecule is COC(=O)c1cnc(C2CCCN(Cc3ccn(C)c3)C2)s1. The molecule has 0 N–H and O–H groups in total. The lowest BCUT2D eigenvalue weighted by Gasteiger charge is -2.31. The molecule has 3 heterocycles. The van der Waals surface area contributed by atoms with E-state index in [1.165, 1.54) is 30.4 Å². The van der Waals surface area contributed by atoms with Crippen molar-refractivity contribution in [2.24, 2.45) is 7.05 Å². The van der Waals surface area contributed by atoms with E-state index in [0.29, 0.717) is 10.8 Å². The fraction of sp³-hybridized carbons (Fsp3) is 0.500. The van der Waals surface area contributed by atoms with Crippen molar-refractivity contribution in [2.75, 3.05) is 20.2 Å². The number of carbonyl (C=O) groups is 1. The van der Waals surface area contributed by atoms with E-state index >= 15 is 0 Å². The lowest BCUT2D eigenvalue weighted by molar-refractivity contribution is 0.0606. The van der Waals surface area contributed by atoms with Gasteiger partial charge in [-0.15, -0.1) is 11.3 Å². The van der Waals surface area contributed by atoms with Crippen molar-refractivity contribution in [2.45, 2.75) is 25.3 Å². The van der Waals surface area contributed by atoms with Crippen molar-refractivity contribution in [1.29, 1.82) is 0 Å². The zero-order valence-electron chi connectivity index (χ0n) is 13.0. The maximum Gasteiger partial charge on any atom is 0.349 e. The standard InChI is InChI=1S/C16H21N3O2S/c1-18-7-5-12(9-18)10-19-6-3-4-13(11-19)15-17-8-14(22-15)16(20)21-2/h5,7-9,13H,3-4,6,10-11H2,1-2H3.